The van der Waals surface area contributed by atoms with E-state index in [9.17, 15) is 19.8 Å². The highest BCUT2D eigenvalue weighted by Crippen LogP contribution is 2.21. The van der Waals surface area contributed by atoms with E-state index in [4.69, 9.17) is 9.47 Å². The Bertz CT molecular complexity index is 304. The Balaban J connectivity index is 2.45. The summed E-state index contributed by atoms with van der Waals surface area (Å²) in [6.07, 6.45) is -3.82. The van der Waals surface area contributed by atoms with Gasteiger partial charge in [-0.05, 0) is 0 Å². The zero-order valence-corrected chi connectivity index (χ0v) is 10.4. The van der Waals surface area contributed by atoms with Crippen molar-refractivity contribution in [2.75, 3.05) is 13.2 Å². The molecule has 1 saturated heterocycles. The van der Waals surface area contributed by atoms with Gasteiger partial charge in [-0.2, -0.15) is 0 Å². The lowest BCUT2D eigenvalue weighted by atomic mass is 10.1. The summed E-state index contributed by atoms with van der Waals surface area (Å²) in [5.74, 6) is -0.978. The third kappa shape index (κ3) is 3.94. The molecule has 0 spiro atoms. The summed E-state index contributed by atoms with van der Waals surface area (Å²) in [6.45, 7) is 2.59. The van der Waals surface area contributed by atoms with Gasteiger partial charge in [0, 0.05) is 13.3 Å². The molecule has 0 aliphatic carbocycles. The van der Waals surface area contributed by atoms with Gasteiger partial charge in [0.15, 0.2) is 6.10 Å². The lowest BCUT2D eigenvalue weighted by Gasteiger charge is -2.21. The molecule has 0 radical (unpaired) electrons. The average Bonchev–Trinajstić information content (AvgIpc) is 2.68. The highest BCUT2D eigenvalue weighted by molar-refractivity contribution is 5.69. The second-order valence-electron chi connectivity index (χ2n) is 4.04. The minimum Gasteiger partial charge on any atom is -0.463 e. The Morgan fingerprint density at radius 3 is 2.72 bits per heavy atom. The molecule has 1 aliphatic heterocycles. The molecule has 0 aromatic heterocycles. The topological polar surface area (TPSA) is 102 Å². The Morgan fingerprint density at radius 1 is 1.50 bits per heavy atom. The van der Waals surface area contributed by atoms with Crippen LogP contribution >= 0.6 is 0 Å². The van der Waals surface area contributed by atoms with Gasteiger partial charge in [0.1, 0.15) is 24.9 Å². The number of hydrogen-bond donors (Lipinski definition) is 2. The first-order chi connectivity index (χ1) is 8.45. The Labute approximate surface area is 105 Å². The van der Waals surface area contributed by atoms with E-state index in [1.807, 2.05) is 0 Å². The van der Waals surface area contributed by atoms with E-state index in [1.165, 1.54) is 6.92 Å². The normalized spacial score (nSPS) is 28.8. The van der Waals surface area contributed by atoms with Crippen LogP contribution in [0.15, 0.2) is 0 Å². The predicted octanol–water partition coefficient (Wildman–Crippen LogP) is -1.01. The lowest BCUT2D eigenvalue weighted by Crippen LogP contribution is -2.42. The monoisotopic (exact) mass is 262 g/mol. The molecule has 4 atom stereocenters. The van der Waals surface area contributed by atoms with Crippen LogP contribution in [0.5, 0.6) is 0 Å². The molecule has 7 heteroatoms. The van der Waals surface area contributed by atoms with E-state index in [0.29, 0.717) is 0 Å². The minimum atomic E-state index is -1.16. The van der Waals surface area contributed by atoms with Crippen molar-refractivity contribution < 1.29 is 34.0 Å². The van der Waals surface area contributed by atoms with Crippen LogP contribution in [0, 0.1) is 0 Å². The Morgan fingerprint density at radius 2 is 2.17 bits per heavy atom. The molecule has 4 unspecified atom stereocenters. The van der Waals surface area contributed by atoms with Crippen molar-refractivity contribution in [1.29, 1.82) is 0 Å². The number of esters is 2. The zero-order valence-electron chi connectivity index (χ0n) is 10.4. The van der Waals surface area contributed by atoms with Crippen LogP contribution in [0.1, 0.15) is 20.3 Å². The van der Waals surface area contributed by atoms with Gasteiger partial charge in [0.25, 0.3) is 0 Å². The summed E-state index contributed by atoms with van der Waals surface area (Å²) in [6, 6.07) is 0. The first-order valence-corrected chi connectivity index (χ1v) is 5.76. The maximum absolute atomic E-state index is 11.1. The quantitative estimate of drug-likeness (QED) is 0.612. The van der Waals surface area contributed by atoms with Crippen molar-refractivity contribution in [3.05, 3.63) is 0 Å². The van der Waals surface area contributed by atoms with Crippen molar-refractivity contribution in [3.8, 4) is 0 Å². The first kappa shape index (κ1) is 14.9. The number of rotatable bonds is 5. The molecule has 18 heavy (non-hydrogen) atoms. The number of aliphatic hydroxyl groups is 2. The zero-order chi connectivity index (χ0) is 13.7. The maximum atomic E-state index is 11.1. The third-order valence-electron chi connectivity index (χ3n) is 2.58. The first-order valence-electron chi connectivity index (χ1n) is 5.76. The highest BCUT2D eigenvalue weighted by Gasteiger charge is 2.42. The van der Waals surface area contributed by atoms with Gasteiger partial charge in [0.2, 0.25) is 0 Å². The van der Waals surface area contributed by atoms with Crippen molar-refractivity contribution in [2.24, 2.45) is 0 Å². The molecular weight excluding hydrogens is 244 g/mol. The SMILES string of the molecule is CCC(=O)OC1COC(C(O)COC(C)=O)C1O. The Kier molecular flexibility index (Phi) is 5.52. The summed E-state index contributed by atoms with van der Waals surface area (Å²) in [5, 5.41) is 19.5. The predicted molar refractivity (Wildman–Crippen MR) is 58.6 cm³/mol. The van der Waals surface area contributed by atoms with Crippen LogP contribution < -0.4 is 0 Å². The molecule has 0 aromatic carbocycles. The summed E-state index contributed by atoms with van der Waals surface area (Å²) in [5.41, 5.74) is 0. The van der Waals surface area contributed by atoms with E-state index in [-0.39, 0.29) is 19.6 Å². The molecule has 0 aromatic rings. The minimum absolute atomic E-state index is 0.00864. The number of ether oxygens (including phenoxy) is 3. The molecule has 0 saturated carbocycles. The van der Waals surface area contributed by atoms with E-state index >= 15 is 0 Å². The molecule has 1 rings (SSSR count). The fraction of sp³-hybridized carbons (Fsp3) is 0.818. The number of aliphatic hydroxyl groups excluding tert-OH is 2. The van der Waals surface area contributed by atoms with Crippen LogP contribution in [-0.4, -0.2) is 59.8 Å². The second-order valence-corrected chi connectivity index (χ2v) is 4.04. The summed E-state index contributed by atoms with van der Waals surface area (Å²) >= 11 is 0. The van der Waals surface area contributed by atoms with Crippen LogP contribution in [0.25, 0.3) is 0 Å². The van der Waals surface area contributed by atoms with Gasteiger partial charge < -0.3 is 24.4 Å². The maximum Gasteiger partial charge on any atom is 0.305 e. The van der Waals surface area contributed by atoms with Gasteiger partial charge in [-0.25, -0.2) is 0 Å². The van der Waals surface area contributed by atoms with Crippen LogP contribution in [0.3, 0.4) is 0 Å². The van der Waals surface area contributed by atoms with E-state index in [1.54, 1.807) is 6.92 Å². The fourth-order valence-electron chi connectivity index (χ4n) is 1.61. The molecular formula is C11H18O7. The van der Waals surface area contributed by atoms with Crippen molar-refractivity contribution in [2.45, 2.75) is 44.7 Å². The summed E-state index contributed by atoms with van der Waals surface area (Å²) in [7, 11) is 0. The summed E-state index contributed by atoms with van der Waals surface area (Å²) in [4.78, 5) is 21.7. The lowest BCUT2D eigenvalue weighted by molar-refractivity contribution is -0.153. The fourth-order valence-corrected chi connectivity index (χ4v) is 1.61. The van der Waals surface area contributed by atoms with E-state index in [0.717, 1.165) is 0 Å². The van der Waals surface area contributed by atoms with Gasteiger partial charge >= 0.3 is 11.9 Å². The highest BCUT2D eigenvalue weighted by atomic mass is 16.6. The molecule has 1 aliphatic rings. The molecule has 0 bridgehead atoms. The van der Waals surface area contributed by atoms with Gasteiger partial charge in [-0.15, -0.1) is 0 Å². The van der Waals surface area contributed by atoms with Gasteiger partial charge in [-0.1, -0.05) is 6.92 Å². The number of hydrogen-bond acceptors (Lipinski definition) is 7. The van der Waals surface area contributed by atoms with E-state index < -0.39 is 36.4 Å². The molecule has 1 heterocycles. The van der Waals surface area contributed by atoms with Gasteiger partial charge in [0.05, 0.1) is 6.61 Å². The average molecular weight is 262 g/mol. The molecule has 1 fully saturated rings. The van der Waals surface area contributed by atoms with Crippen molar-refractivity contribution in [1.82, 2.24) is 0 Å². The molecule has 0 amide bonds. The van der Waals surface area contributed by atoms with Gasteiger partial charge in [-0.3, -0.25) is 9.59 Å². The smallest absolute Gasteiger partial charge is 0.305 e. The number of carbonyl (C=O) groups is 2. The van der Waals surface area contributed by atoms with Crippen molar-refractivity contribution >= 4 is 11.9 Å². The van der Waals surface area contributed by atoms with Crippen molar-refractivity contribution in [3.63, 3.8) is 0 Å². The van der Waals surface area contributed by atoms with E-state index in [2.05, 4.69) is 4.74 Å². The molecule has 104 valence electrons. The van der Waals surface area contributed by atoms with Crippen LogP contribution in [0.4, 0.5) is 0 Å². The summed E-state index contributed by atoms with van der Waals surface area (Å²) < 4.78 is 14.7. The van der Waals surface area contributed by atoms with Crippen LogP contribution in [0.2, 0.25) is 0 Å². The van der Waals surface area contributed by atoms with Crippen LogP contribution in [-0.2, 0) is 23.8 Å². The number of carbonyl (C=O) groups excluding carboxylic acids is 2. The standard InChI is InChI=1S/C11H18O7/c1-3-9(14)18-8-5-17-11(10(8)15)7(13)4-16-6(2)12/h7-8,10-11,13,15H,3-5H2,1-2H3. The Hall–Kier alpha value is -1.18. The largest absolute Gasteiger partial charge is 0.463 e. The molecule has 2 N–H and O–H groups in total. The third-order valence-corrected chi connectivity index (χ3v) is 2.58. The molecule has 7 nitrogen and oxygen atoms in total. The second kappa shape index (κ2) is 6.67.